The maximum atomic E-state index is 11.3. The molecule has 4 nitrogen and oxygen atoms in total. The number of benzene rings is 2. The van der Waals surface area contributed by atoms with Crippen molar-refractivity contribution in [3.8, 4) is 11.3 Å². The molecule has 0 fully saturated rings. The second-order valence-electron chi connectivity index (χ2n) is 6.70. The number of hydrogen-bond donors (Lipinski definition) is 1. The van der Waals surface area contributed by atoms with Crippen molar-refractivity contribution in [2.75, 3.05) is 0 Å². The summed E-state index contributed by atoms with van der Waals surface area (Å²) in [5.74, 6) is 0.837. The Hall–Kier alpha value is -3.14. The molecule has 27 heavy (non-hydrogen) atoms. The van der Waals surface area contributed by atoms with Crippen molar-refractivity contribution >= 4 is 17.9 Å². The van der Waals surface area contributed by atoms with Gasteiger partial charge in [-0.3, -0.25) is 4.99 Å². The maximum Gasteiger partial charge on any atom is 0.335 e. The van der Waals surface area contributed by atoms with Gasteiger partial charge in [0.1, 0.15) is 11.5 Å². The normalized spacial score (nSPS) is 12.4. The fraction of sp³-hybridized carbons (Fsp3) is 0.217. The number of aromatic carboxylic acids is 1. The van der Waals surface area contributed by atoms with Crippen molar-refractivity contribution in [3.05, 3.63) is 77.0 Å². The second-order valence-corrected chi connectivity index (χ2v) is 6.70. The Bertz CT molecular complexity index is 968. The van der Waals surface area contributed by atoms with Crippen LogP contribution in [0.5, 0.6) is 0 Å². The van der Waals surface area contributed by atoms with Crippen molar-refractivity contribution in [3.63, 3.8) is 0 Å². The van der Waals surface area contributed by atoms with Crippen LogP contribution in [0.4, 0.5) is 5.69 Å². The molecule has 0 bridgehead atoms. The van der Waals surface area contributed by atoms with E-state index >= 15 is 0 Å². The van der Waals surface area contributed by atoms with Crippen molar-refractivity contribution < 1.29 is 14.3 Å². The first-order chi connectivity index (χ1) is 13.0. The summed E-state index contributed by atoms with van der Waals surface area (Å²) in [6.07, 6.45) is 2.79. The van der Waals surface area contributed by atoms with Gasteiger partial charge < -0.3 is 9.52 Å². The molecule has 0 radical (unpaired) electrons. The predicted octanol–water partition coefficient (Wildman–Crippen LogP) is 6.22. The molecule has 0 aliphatic heterocycles. The zero-order chi connectivity index (χ0) is 19.4. The third kappa shape index (κ3) is 4.34. The molecule has 1 atom stereocenters. The number of furan rings is 1. The summed E-state index contributed by atoms with van der Waals surface area (Å²) in [7, 11) is 0. The molecule has 0 aliphatic rings. The van der Waals surface area contributed by atoms with Crippen molar-refractivity contribution in [1.82, 2.24) is 0 Å². The van der Waals surface area contributed by atoms with Crippen LogP contribution < -0.4 is 0 Å². The molecule has 1 aromatic heterocycles. The topological polar surface area (TPSA) is 62.8 Å². The lowest BCUT2D eigenvalue weighted by atomic mass is 9.99. The minimum Gasteiger partial charge on any atom is -0.478 e. The number of aliphatic imine (C=N–C) groups is 1. The molecule has 0 amide bonds. The van der Waals surface area contributed by atoms with E-state index in [-0.39, 0.29) is 5.56 Å². The number of carbonyl (C=O) groups is 1. The first-order valence-corrected chi connectivity index (χ1v) is 9.06. The van der Waals surface area contributed by atoms with Gasteiger partial charge in [0.2, 0.25) is 0 Å². The highest BCUT2D eigenvalue weighted by Gasteiger charge is 2.11. The van der Waals surface area contributed by atoms with Crippen molar-refractivity contribution in [2.24, 2.45) is 4.99 Å². The van der Waals surface area contributed by atoms with Gasteiger partial charge in [-0.1, -0.05) is 38.1 Å². The van der Waals surface area contributed by atoms with Gasteiger partial charge in [-0.25, -0.2) is 4.79 Å². The number of nitrogens with zero attached hydrogens (tertiary/aromatic N) is 1. The lowest BCUT2D eigenvalue weighted by Crippen LogP contribution is -1.99. The van der Waals surface area contributed by atoms with Crippen LogP contribution in [-0.4, -0.2) is 17.3 Å². The molecule has 1 heterocycles. The van der Waals surface area contributed by atoms with Gasteiger partial charge in [-0.2, -0.15) is 0 Å². The lowest BCUT2D eigenvalue weighted by Gasteiger charge is -2.08. The van der Waals surface area contributed by atoms with Gasteiger partial charge in [0.15, 0.2) is 0 Å². The molecule has 3 aromatic rings. The van der Waals surface area contributed by atoms with E-state index in [0.29, 0.717) is 17.4 Å². The van der Waals surface area contributed by atoms with Crippen LogP contribution in [0.2, 0.25) is 0 Å². The van der Waals surface area contributed by atoms with Gasteiger partial charge >= 0.3 is 5.97 Å². The fourth-order valence-corrected chi connectivity index (χ4v) is 2.85. The van der Waals surface area contributed by atoms with E-state index in [1.54, 1.807) is 25.3 Å². The molecule has 0 saturated carbocycles. The highest BCUT2D eigenvalue weighted by Crippen LogP contribution is 2.25. The Labute approximate surface area is 159 Å². The Kier molecular flexibility index (Phi) is 5.55. The van der Waals surface area contributed by atoms with Crippen LogP contribution in [-0.2, 0) is 0 Å². The zero-order valence-corrected chi connectivity index (χ0v) is 15.8. The van der Waals surface area contributed by atoms with Crippen LogP contribution in [0.15, 0.2) is 64.0 Å². The maximum absolute atomic E-state index is 11.3. The van der Waals surface area contributed by atoms with Gasteiger partial charge in [-0.05, 0) is 60.7 Å². The van der Waals surface area contributed by atoms with Gasteiger partial charge in [0.25, 0.3) is 0 Å². The fourth-order valence-electron chi connectivity index (χ4n) is 2.85. The van der Waals surface area contributed by atoms with Gasteiger partial charge in [0, 0.05) is 5.56 Å². The average Bonchev–Trinajstić information content (AvgIpc) is 3.15. The average molecular weight is 361 g/mol. The van der Waals surface area contributed by atoms with E-state index in [9.17, 15) is 9.90 Å². The minimum absolute atomic E-state index is 0.278. The van der Waals surface area contributed by atoms with Crippen LogP contribution in [0.3, 0.4) is 0 Å². The lowest BCUT2D eigenvalue weighted by molar-refractivity contribution is 0.0696. The van der Waals surface area contributed by atoms with Crippen molar-refractivity contribution in [2.45, 2.75) is 33.1 Å². The SMILES string of the molecule is CC[C@@H](C)c1ccc(N=Cc2ccc(-c3ccc(C)c(C(=O)O)c3)o2)cc1. The molecule has 4 heteroatoms. The first kappa shape index (κ1) is 18.6. The third-order valence-corrected chi connectivity index (χ3v) is 4.79. The van der Waals surface area contributed by atoms with Crippen LogP contribution in [0.1, 0.15) is 53.4 Å². The molecule has 0 aliphatic carbocycles. The summed E-state index contributed by atoms with van der Waals surface area (Å²) >= 11 is 0. The number of hydrogen-bond acceptors (Lipinski definition) is 3. The number of carboxylic acids is 1. The monoisotopic (exact) mass is 361 g/mol. The number of carboxylic acid groups (broad SMARTS) is 1. The summed E-state index contributed by atoms with van der Waals surface area (Å²) in [5.41, 5.74) is 3.91. The molecule has 0 unspecified atom stereocenters. The molecule has 138 valence electrons. The van der Waals surface area contributed by atoms with Gasteiger partial charge in [0.05, 0.1) is 17.5 Å². The molecule has 2 aromatic carbocycles. The van der Waals surface area contributed by atoms with Gasteiger partial charge in [-0.15, -0.1) is 0 Å². The molecule has 1 N–H and O–H groups in total. The van der Waals surface area contributed by atoms with Crippen molar-refractivity contribution in [1.29, 1.82) is 0 Å². The number of aryl methyl sites for hydroxylation is 1. The van der Waals surface area contributed by atoms with E-state index in [2.05, 4.69) is 31.0 Å². The molecular weight excluding hydrogens is 338 g/mol. The quantitative estimate of drug-likeness (QED) is 0.530. The summed E-state index contributed by atoms with van der Waals surface area (Å²) in [4.78, 5) is 15.8. The summed E-state index contributed by atoms with van der Waals surface area (Å²) in [5, 5.41) is 9.27. The third-order valence-electron chi connectivity index (χ3n) is 4.79. The predicted molar refractivity (Wildman–Crippen MR) is 108 cm³/mol. The second kappa shape index (κ2) is 8.04. The van der Waals surface area contributed by atoms with E-state index in [1.165, 1.54) is 5.56 Å². The summed E-state index contributed by atoms with van der Waals surface area (Å²) in [6, 6.07) is 17.1. The van der Waals surface area contributed by atoms with Crippen LogP contribution in [0.25, 0.3) is 11.3 Å². The Morgan fingerprint density at radius 3 is 2.56 bits per heavy atom. The molecule has 0 saturated heterocycles. The largest absolute Gasteiger partial charge is 0.478 e. The molecule has 0 spiro atoms. The van der Waals surface area contributed by atoms with Crippen LogP contribution >= 0.6 is 0 Å². The molecular formula is C23H23NO3. The summed E-state index contributed by atoms with van der Waals surface area (Å²) < 4.78 is 5.80. The molecule has 3 rings (SSSR count). The van der Waals surface area contributed by atoms with E-state index < -0.39 is 5.97 Å². The van der Waals surface area contributed by atoms with E-state index in [1.807, 2.05) is 30.3 Å². The highest BCUT2D eigenvalue weighted by atomic mass is 16.4. The zero-order valence-electron chi connectivity index (χ0n) is 15.8. The smallest absolute Gasteiger partial charge is 0.335 e. The van der Waals surface area contributed by atoms with E-state index in [4.69, 9.17) is 4.42 Å². The van der Waals surface area contributed by atoms with E-state index in [0.717, 1.165) is 23.2 Å². The number of rotatable bonds is 6. The Morgan fingerprint density at radius 1 is 1.15 bits per heavy atom. The Balaban J connectivity index is 1.77. The highest BCUT2D eigenvalue weighted by molar-refractivity contribution is 5.91. The summed E-state index contributed by atoms with van der Waals surface area (Å²) in [6.45, 7) is 6.17. The van der Waals surface area contributed by atoms with Crippen LogP contribution in [0, 0.1) is 6.92 Å². The standard InChI is InChI=1S/C23H23NO3/c1-4-15(2)17-7-9-19(10-8-17)24-14-20-11-12-22(27-20)18-6-5-16(3)21(13-18)23(25)26/h5-15H,4H2,1-3H3,(H,25,26)/t15-/m1/s1. The Morgan fingerprint density at radius 2 is 1.89 bits per heavy atom. The minimum atomic E-state index is -0.941. The first-order valence-electron chi connectivity index (χ1n) is 9.06.